The molecular formula is C3H2F5IO. The van der Waals surface area contributed by atoms with Crippen molar-refractivity contribution in [3.05, 3.63) is 0 Å². The van der Waals surface area contributed by atoms with E-state index < -0.39 is 16.9 Å². The molecule has 0 fully saturated rings. The highest BCUT2D eigenvalue weighted by Crippen LogP contribution is 2.36. The van der Waals surface area contributed by atoms with Crippen molar-refractivity contribution in [1.29, 1.82) is 0 Å². The van der Waals surface area contributed by atoms with Gasteiger partial charge in [-0.3, -0.25) is 0 Å². The molecule has 0 N–H and O–H groups in total. The predicted molar refractivity (Wildman–Crippen MR) is 31.0 cm³/mol. The minimum atomic E-state index is -5.61. The number of halogens is 6. The molecule has 0 atom stereocenters. The Hall–Kier alpha value is 0.340. The molecule has 0 spiro atoms. The normalized spacial score (nSPS) is 13.8. The van der Waals surface area contributed by atoms with E-state index in [0.29, 0.717) is 0 Å². The lowest BCUT2D eigenvalue weighted by Gasteiger charge is -2.17. The Morgan fingerprint density at radius 3 is 1.60 bits per heavy atom. The van der Waals surface area contributed by atoms with Gasteiger partial charge in [0.2, 0.25) is 0 Å². The van der Waals surface area contributed by atoms with E-state index >= 15 is 0 Å². The number of hydrogen-bond donors (Lipinski definition) is 0. The maximum Gasteiger partial charge on any atom is 0.482 e. The summed E-state index contributed by atoms with van der Waals surface area (Å²) in [6, 6.07) is 0. The Kier molecular flexibility index (Phi) is 3.27. The minimum Gasteiger partial charge on any atom is -0.303 e. The van der Waals surface area contributed by atoms with Crippen LogP contribution in [-0.4, -0.2) is 16.9 Å². The fourth-order valence-electron chi connectivity index (χ4n) is 0.150. The summed E-state index contributed by atoms with van der Waals surface area (Å²) in [4.78, 5) is 0. The first kappa shape index (κ1) is 10.3. The Bertz CT molecular complexity index is 110. The molecule has 0 unspecified atom stereocenters. The van der Waals surface area contributed by atoms with Crippen molar-refractivity contribution in [2.45, 2.75) is 12.3 Å². The van der Waals surface area contributed by atoms with E-state index in [2.05, 4.69) is 4.74 Å². The third-order valence-electron chi connectivity index (χ3n) is 0.566. The van der Waals surface area contributed by atoms with Gasteiger partial charge in [-0.05, 0) is 0 Å². The molecule has 10 heavy (non-hydrogen) atoms. The largest absolute Gasteiger partial charge is 0.482 e. The Morgan fingerprint density at radius 2 is 1.50 bits per heavy atom. The Balaban J connectivity index is 4.10. The van der Waals surface area contributed by atoms with Crippen LogP contribution >= 0.6 is 22.6 Å². The molecule has 0 bridgehead atoms. The van der Waals surface area contributed by atoms with Crippen LogP contribution in [0.5, 0.6) is 0 Å². The number of alkyl halides is 6. The Labute approximate surface area is 66.7 Å². The van der Waals surface area contributed by atoms with Crippen molar-refractivity contribution in [2.75, 3.05) is 4.61 Å². The summed E-state index contributed by atoms with van der Waals surface area (Å²) < 4.78 is 59.0. The maximum absolute atomic E-state index is 11.6. The molecule has 0 aromatic heterocycles. The van der Waals surface area contributed by atoms with Gasteiger partial charge in [0.15, 0.2) is 0 Å². The van der Waals surface area contributed by atoms with E-state index in [1.807, 2.05) is 0 Å². The molecule has 0 aliphatic heterocycles. The second-order valence-corrected chi connectivity index (χ2v) is 1.89. The zero-order valence-electron chi connectivity index (χ0n) is 4.38. The van der Waals surface area contributed by atoms with Crippen molar-refractivity contribution in [1.82, 2.24) is 0 Å². The van der Waals surface area contributed by atoms with Gasteiger partial charge in [0.25, 0.3) is 0 Å². The van der Waals surface area contributed by atoms with Gasteiger partial charge >= 0.3 is 12.3 Å². The molecule has 0 saturated carbocycles. The second kappa shape index (κ2) is 3.16. The van der Waals surface area contributed by atoms with Crippen molar-refractivity contribution >= 4 is 22.6 Å². The molecule has 0 aromatic carbocycles. The number of hydrogen-bond acceptors (Lipinski definition) is 1. The highest BCUT2D eigenvalue weighted by Gasteiger charge is 2.59. The fraction of sp³-hybridized carbons (Fsp3) is 1.00. The number of rotatable bonds is 2. The van der Waals surface area contributed by atoms with Gasteiger partial charge in [-0.2, -0.15) is 22.0 Å². The summed E-state index contributed by atoms with van der Waals surface area (Å²) in [5.74, 6) is 0. The molecule has 0 rings (SSSR count). The summed E-state index contributed by atoms with van der Waals surface area (Å²) >= 11 is 1.25. The van der Waals surface area contributed by atoms with Gasteiger partial charge in [0.05, 0.1) is 0 Å². The van der Waals surface area contributed by atoms with E-state index in [1.165, 1.54) is 22.6 Å². The molecule has 0 aliphatic rings. The van der Waals surface area contributed by atoms with Crippen LogP contribution in [0.25, 0.3) is 0 Å². The van der Waals surface area contributed by atoms with Gasteiger partial charge in [-0.15, -0.1) is 0 Å². The van der Waals surface area contributed by atoms with Crippen molar-refractivity contribution in [3.8, 4) is 0 Å². The molecule has 0 amide bonds. The first-order valence-corrected chi connectivity index (χ1v) is 3.48. The molecule has 7 heteroatoms. The summed E-state index contributed by atoms with van der Waals surface area (Å²) in [7, 11) is 0. The maximum atomic E-state index is 11.6. The van der Waals surface area contributed by atoms with E-state index in [1.54, 1.807) is 0 Å². The average Bonchev–Trinajstić information content (AvgIpc) is 1.61. The third kappa shape index (κ3) is 2.52. The molecule has 0 aliphatic carbocycles. The molecule has 0 aromatic rings. The van der Waals surface area contributed by atoms with Crippen LogP contribution in [0.1, 0.15) is 0 Å². The minimum absolute atomic E-state index is 0.704. The summed E-state index contributed by atoms with van der Waals surface area (Å²) in [6.07, 6.45) is -10.6. The topological polar surface area (TPSA) is 9.23 Å². The van der Waals surface area contributed by atoms with Crippen molar-refractivity contribution < 1.29 is 26.7 Å². The van der Waals surface area contributed by atoms with E-state index in [-0.39, 0.29) is 0 Å². The molecular weight excluding hydrogens is 274 g/mol. The molecule has 62 valence electrons. The van der Waals surface area contributed by atoms with Crippen LogP contribution in [0.2, 0.25) is 0 Å². The number of ether oxygens (including phenoxy) is 1. The molecule has 0 saturated heterocycles. The zero-order chi connectivity index (χ0) is 8.41. The predicted octanol–water partition coefficient (Wildman–Crippen LogP) is 2.55. The summed E-state index contributed by atoms with van der Waals surface area (Å²) in [5, 5.41) is 0. The quantitative estimate of drug-likeness (QED) is 0.428. The van der Waals surface area contributed by atoms with Crippen LogP contribution in [0, 0.1) is 0 Å². The van der Waals surface area contributed by atoms with Crippen LogP contribution in [-0.2, 0) is 4.74 Å². The molecule has 1 nitrogen and oxygen atoms in total. The van der Waals surface area contributed by atoms with Crippen LogP contribution < -0.4 is 0 Å². The first-order chi connectivity index (χ1) is 4.31. The van der Waals surface area contributed by atoms with Crippen molar-refractivity contribution in [3.63, 3.8) is 0 Å². The SMILES string of the molecule is FC(F)(F)C(F)(F)OCI. The van der Waals surface area contributed by atoms with Gasteiger partial charge < -0.3 is 4.74 Å². The average molecular weight is 276 g/mol. The molecule has 0 heterocycles. The lowest BCUT2D eigenvalue weighted by Crippen LogP contribution is -2.38. The first-order valence-electron chi connectivity index (χ1n) is 1.95. The van der Waals surface area contributed by atoms with Crippen molar-refractivity contribution in [2.24, 2.45) is 0 Å². The monoisotopic (exact) mass is 276 g/mol. The fourth-order valence-corrected chi connectivity index (χ4v) is 0.541. The van der Waals surface area contributed by atoms with Gasteiger partial charge in [-0.1, -0.05) is 22.6 Å². The zero-order valence-corrected chi connectivity index (χ0v) is 6.54. The van der Waals surface area contributed by atoms with Gasteiger partial charge in [-0.25, -0.2) is 0 Å². The van der Waals surface area contributed by atoms with E-state index in [9.17, 15) is 22.0 Å². The van der Waals surface area contributed by atoms with Crippen LogP contribution in [0.4, 0.5) is 22.0 Å². The van der Waals surface area contributed by atoms with E-state index in [0.717, 1.165) is 0 Å². The summed E-state index contributed by atoms with van der Waals surface area (Å²) in [5.41, 5.74) is 0. The highest BCUT2D eigenvalue weighted by molar-refractivity contribution is 14.1. The van der Waals surface area contributed by atoms with Crippen LogP contribution in [0.15, 0.2) is 0 Å². The summed E-state index contributed by atoms with van der Waals surface area (Å²) in [6.45, 7) is 0. The molecule has 0 radical (unpaired) electrons. The lowest BCUT2D eigenvalue weighted by atomic mass is 10.6. The van der Waals surface area contributed by atoms with Crippen LogP contribution in [0.3, 0.4) is 0 Å². The Morgan fingerprint density at radius 1 is 1.10 bits per heavy atom. The standard InChI is InChI=1S/C3H2F5IO/c4-2(5,6)3(7,8)10-1-9/h1H2. The van der Waals surface area contributed by atoms with E-state index in [4.69, 9.17) is 0 Å². The van der Waals surface area contributed by atoms with Gasteiger partial charge in [0, 0.05) is 0 Å². The smallest absolute Gasteiger partial charge is 0.303 e. The lowest BCUT2D eigenvalue weighted by molar-refractivity contribution is -0.384. The highest BCUT2D eigenvalue weighted by atomic mass is 127. The third-order valence-corrected chi connectivity index (χ3v) is 0.877. The second-order valence-electron chi connectivity index (χ2n) is 1.27. The van der Waals surface area contributed by atoms with Gasteiger partial charge in [0.1, 0.15) is 4.61 Å².